The third kappa shape index (κ3) is 19.4. The van der Waals surface area contributed by atoms with Crippen LogP contribution in [0.4, 0.5) is 17.5 Å². The molecule has 67 heavy (non-hydrogen) atoms. The number of hydrogen-bond acceptors (Lipinski definition) is 16. The number of nitrogens with zero attached hydrogens (tertiary/aromatic N) is 6. The third-order valence-corrected chi connectivity index (χ3v) is 11.1. The van der Waals surface area contributed by atoms with Gasteiger partial charge in [0.25, 0.3) is 5.91 Å². The van der Waals surface area contributed by atoms with Crippen LogP contribution in [-0.2, 0) is 17.6 Å². The van der Waals surface area contributed by atoms with E-state index in [1.807, 2.05) is 0 Å². The largest absolute Gasteiger partial charge is 0.396 e. The number of aromatic nitrogens is 4. The van der Waals surface area contributed by atoms with Crippen molar-refractivity contribution >= 4 is 35.2 Å². The topological polar surface area (TPSA) is 340 Å². The second kappa shape index (κ2) is 28.9. The molecule has 3 atom stereocenters. The molecule has 0 aliphatic rings. The Morgan fingerprint density at radius 1 is 0.716 bits per heavy atom. The van der Waals surface area contributed by atoms with Crippen LogP contribution in [0, 0.1) is 0 Å². The monoisotopic (exact) mass is 931 g/mol. The Labute approximate surface area is 391 Å². The first-order chi connectivity index (χ1) is 32.3. The molecule has 20 nitrogen and oxygen atoms in total. The van der Waals surface area contributed by atoms with Gasteiger partial charge >= 0.3 is 5.69 Å². The van der Waals surface area contributed by atoms with Gasteiger partial charge in [0.1, 0.15) is 5.82 Å². The maximum Gasteiger partial charge on any atom is 0.355 e. The van der Waals surface area contributed by atoms with Gasteiger partial charge < -0.3 is 58.7 Å². The molecule has 0 aliphatic heterocycles. The average Bonchev–Trinajstić information content (AvgIpc) is 3.29. The van der Waals surface area contributed by atoms with E-state index in [9.17, 15) is 29.7 Å². The van der Waals surface area contributed by atoms with E-state index in [0.717, 1.165) is 67.1 Å². The number of guanidine groups is 1. The van der Waals surface area contributed by atoms with Gasteiger partial charge in [-0.15, -0.1) is 0 Å². The number of benzene rings is 2. The number of carbonyl (C=O) groups excluding carboxylic acids is 2. The smallest absolute Gasteiger partial charge is 0.355 e. The predicted molar refractivity (Wildman–Crippen MR) is 259 cm³/mol. The number of amides is 2. The SMILES string of the molecule is NC(=NCCCCc1ccc(-c2ccc(CCCNC(=O)CCCCCN(CCC(O)CCCO)CC(O)CC(O)CCO)cc2)cc1)NC(=O)c1nc(-n2ccc(N)nc2=O)c(N)nc1N. The van der Waals surface area contributed by atoms with Crippen molar-refractivity contribution in [2.45, 2.75) is 108 Å². The zero-order valence-electron chi connectivity index (χ0n) is 38.3. The lowest BCUT2D eigenvalue weighted by Gasteiger charge is -2.27. The van der Waals surface area contributed by atoms with Crippen LogP contribution in [0.25, 0.3) is 16.9 Å². The summed E-state index contributed by atoms with van der Waals surface area (Å²) in [4.78, 5) is 55.7. The van der Waals surface area contributed by atoms with Crippen molar-refractivity contribution in [3.8, 4) is 16.9 Å². The van der Waals surface area contributed by atoms with Crippen molar-refractivity contribution in [3.63, 3.8) is 0 Å². The predicted octanol–water partition coefficient (Wildman–Crippen LogP) is 1.43. The van der Waals surface area contributed by atoms with E-state index in [1.165, 1.54) is 23.4 Å². The summed E-state index contributed by atoms with van der Waals surface area (Å²) >= 11 is 0. The Morgan fingerprint density at radius 2 is 1.40 bits per heavy atom. The fraction of sp³-hybridized carbons (Fsp3) is 0.511. The number of nitrogen functional groups attached to an aromatic ring is 3. The van der Waals surface area contributed by atoms with Crippen LogP contribution in [0.5, 0.6) is 0 Å². The third-order valence-electron chi connectivity index (χ3n) is 11.1. The van der Waals surface area contributed by atoms with E-state index in [0.29, 0.717) is 58.4 Å². The van der Waals surface area contributed by atoms with Crippen molar-refractivity contribution in [3.05, 3.63) is 88.1 Å². The van der Waals surface area contributed by atoms with E-state index in [2.05, 4.69) is 84.0 Å². The van der Waals surface area contributed by atoms with Crippen LogP contribution in [0.2, 0.25) is 0 Å². The molecule has 4 rings (SSSR count). The number of nitrogens with two attached hydrogens (primary N) is 4. The molecule has 0 radical (unpaired) electrons. The molecule has 0 saturated carbocycles. The van der Waals surface area contributed by atoms with E-state index in [4.69, 9.17) is 33.1 Å². The lowest BCUT2D eigenvalue weighted by molar-refractivity contribution is -0.121. The molecule has 0 saturated heterocycles. The molecule has 2 heterocycles. The Kier molecular flexibility index (Phi) is 23.1. The molecule has 0 bridgehead atoms. The number of aliphatic hydroxyl groups is 5. The Hall–Kier alpha value is -6.03. The Morgan fingerprint density at radius 3 is 2.06 bits per heavy atom. The van der Waals surface area contributed by atoms with Gasteiger partial charge in [-0.1, -0.05) is 55.0 Å². The number of hydrogen-bond donors (Lipinski definition) is 11. The molecule has 0 fully saturated rings. The number of aliphatic hydroxyl groups excluding tert-OH is 5. The number of rotatable bonds is 30. The number of aliphatic imine (C=N–C) groups is 1. The van der Waals surface area contributed by atoms with Crippen LogP contribution in [0.3, 0.4) is 0 Å². The van der Waals surface area contributed by atoms with Crippen LogP contribution >= 0.6 is 0 Å². The highest BCUT2D eigenvalue weighted by molar-refractivity contribution is 6.06. The molecular formula is C47H70N12O8. The molecule has 366 valence electrons. The molecule has 4 aromatic rings. The zero-order valence-corrected chi connectivity index (χ0v) is 38.3. The van der Waals surface area contributed by atoms with Crippen LogP contribution in [0.1, 0.15) is 98.7 Å². The minimum Gasteiger partial charge on any atom is -0.396 e. The van der Waals surface area contributed by atoms with Gasteiger partial charge in [-0.05, 0) is 105 Å². The quantitative estimate of drug-likeness (QED) is 0.0200. The highest BCUT2D eigenvalue weighted by atomic mass is 16.3. The van der Waals surface area contributed by atoms with E-state index < -0.39 is 29.9 Å². The fourth-order valence-electron chi connectivity index (χ4n) is 7.42. The lowest BCUT2D eigenvalue weighted by Crippen LogP contribution is -2.38. The highest BCUT2D eigenvalue weighted by Gasteiger charge is 2.20. The van der Waals surface area contributed by atoms with Crippen LogP contribution in [0.15, 0.2) is 70.6 Å². The second-order valence-corrected chi connectivity index (χ2v) is 16.7. The normalized spacial score (nSPS) is 13.1. The van der Waals surface area contributed by atoms with Gasteiger partial charge in [0.15, 0.2) is 29.1 Å². The number of nitrogens with one attached hydrogen (secondary N) is 2. The van der Waals surface area contributed by atoms with Gasteiger partial charge in [0, 0.05) is 58.4 Å². The van der Waals surface area contributed by atoms with E-state index >= 15 is 0 Å². The summed E-state index contributed by atoms with van der Waals surface area (Å²) in [5, 5.41) is 54.3. The first-order valence-electron chi connectivity index (χ1n) is 23.1. The summed E-state index contributed by atoms with van der Waals surface area (Å²) in [7, 11) is 0. The van der Waals surface area contributed by atoms with Gasteiger partial charge in [0.2, 0.25) is 5.91 Å². The van der Waals surface area contributed by atoms with Crippen LogP contribution < -0.4 is 39.3 Å². The first-order valence-corrected chi connectivity index (χ1v) is 23.1. The summed E-state index contributed by atoms with van der Waals surface area (Å²) in [6, 6.07) is 18.2. The molecule has 0 spiro atoms. The summed E-state index contributed by atoms with van der Waals surface area (Å²) in [6.07, 6.45) is 8.10. The van der Waals surface area contributed by atoms with Crippen molar-refractivity contribution in [2.24, 2.45) is 10.7 Å². The second-order valence-electron chi connectivity index (χ2n) is 16.7. The zero-order chi connectivity index (χ0) is 48.6. The molecule has 20 heteroatoms. The van der Waals surface area contributed by atoms with Crippen molar-refractivity contribution in [1.29, 1.82) is 0 Å². The number of anilines is 3. The number of aryl methyl sites for hydroxylation is 2. The molecule has 2 aromatic carbocycles. The molecule has 2 amide bonds. The summed E-state index contributed by atoms with van der Waals surface area (Å²) in [6.45, 7) is 2.47. The number of carbonyl (C=O) groups is 2. The Bertz CT molecular complexity index is 2210. The van der Waals surface area contributed by atoms with Crippen LogP contribution in [-0.4, -0.2) is 132 Å². The highest BCUT2D eigenvalue weighted by Crippen LogP contribution is 2.22. The minimum absolute atomic E-state index is 0.00636. The minimum atomic E-state index is -0.775. The maximum absolute atomic E-state index is 12.9. The van der Waals surface area contributed by atoms with Crippen molar-refractivity contribution in [2.75, 3.05) is 63.1 Å². The van der Waals surface area contributed by atoms with Crippen molar-refractivity contribution in [1.82, 2.24) is 35.1 Å². The summed E-state index contributed by atoms with van der Waals surface area (Å²) in [5.41, 5.74) is 26.8. The van der Waals surface area contributed by atoms with Gasteiger partial charge in [-0.2, -0.15) is 4.98 Å². The maximum atomic E-state index is 12.9. The lowest BCUT2D eigenvalue weighted by atomic mass is 9.99. The van der Waals surface area contributed by atoms with Gasteiger partial charge in [0.05, 0.1) is 18.3 Å². The van der Waals surface area contributed by atoms with Gasteiger partial charge in [-0.25, -0.2) is 19.3 Å². The average molecular weight is 931 g/mol. The van der Waals surface area contributed by atoms with Crippen molar-refractivity contribution < 1.29 is 35.1 Å². The van der Waals surface area contributed by atoms with E-state index in [-0.39, 0.29) is 66.9 Å². The first kappa shape index (κ1) is 53.6. The van der Waals surface area contributed by atoms with Gasteiger partial charge in [-0.3, -0.25) is 19.9 Å². The Balaban J connectivity index is 1.10. The fourth-order valence-corrected chi connectivity index (χ4v) is 7.42. The summed E-state index contributed by atoms with van der Waals surface area (Å²) < 4.78 is 0.991. The standard InChI is InChI=1S/C47H70N12O8/c48-39-21-27-59(47(67)54-39)44-43(50)56-42(49)41(55-44)45(66)57-46(51)53-23-4-3-8-32-12-16-34(17-13-32)35-18-14-33(15-19-35)9-6-24-52-40(65)11-2-1-5-25-58(26-20-36(62)10-7-28-60)31-38(64)30-37(63)22-29-61/h12-19,21,27,36-38,60-64H,1-11,20,22-26,28-31H2,(H,52,65)(H2,48,54,67)(H4,49,50,56)(H3,51,53,57,66). The molecule has 2 aromatic heterocycles. The molecule has 0 aliphatic carbocycles. The summed E-state index contributed by atoms with van der Waals surface area (Å²) in [5.74, 6) is -1.44. The molecule has 3 unspecified atom stereocenters. The van der Waals surface area contributed by atoms with E-state index in [1.54, 1.807) is 0 Å². The number of unbranched alkanes of at least 4 members (excludes halogenated alkanes) is 3. The molecular weight excluding hydrogens is 861 g/mol. The molecule has 15 N–H and O–H groups in total.